The van der Waals surface area contributed by atoms with Crippen LogP contribution in [-0.2, 0) is 21.4 Å². The van der Waals surface area contributed by atoms with Crippen LogP contribution in [0.5, 0.6) is 11.5 Å². The summed E-state index contributed by atoms with van der Waals surface area (Å²) in [6, 6.07) is 19.0. The van der Waals surface area contributed by atoms with Crippen LogP contribution in [0.25, 0.3) is 0 Å². The maximum Gasteiger partial charge on any atom is 0.264 e. The summed E-state index contributed by atoms with van der Waals surface area (Å²) < 4.78 is 39.5. The maximum atomic E-state index is 13.5. The predicted octanol–water partition coefficient (Wildman–Crippen LogP) is 4.61. The first kappa shape index (κ1) is 26.1. The lowest BCUT2D eigenvalue weighted by molar-refractivity contribution is -0.119. The molecule has 0 spiro atoms. The number of amides is 1. The van der Waals surface area contributed by atoms with Crippen LogP contribution in [0.15, 0.2) is 71.6 Å². The number of ether oxygens (including phenoxy) is 2. The summed E-state index contributed by atoms with van der Waals surface area (Å²) in [5, 5.41) is 2.84. The molecule has 186 valence electrons. The first-order valence-electron chi connectivity index (χ1n) is 11.6. The van der Waals surface area contributed by atoms with Crippen molar-refractivity contribution in [3.8, 4) is 11.5 Å². The van der Waals surface area contributed by atoms with E-state index in [2.05, 4.69) is 5.32 Å². The molecule has 0 saturated heterocycles. The van der Waals surface area contributed by atoms with E-state index >= 15 is 0 Å². The van der Waals surface area contributed by atoms with Gasteiger partial charge in [0, 0.05) is 6.54 Å². The second-order valence-corrected chi connectivity index (χ2v) is 9.83. The minimum atomic E-state index is -3.96. The molecule has 0 unspecified atom stereocenters. The summed E-state index contributed by atoms with van der Waals surface area (Å²) in [4.78, 5) is 13.1. The Balaban J connectivity index is 1.84. The van der Waals surface area contributed by atoms with Gasteiger partial charge in [-0.3, -0.25) is 9.10 Å². The van der Waals surface area contributed by atoms with Crippen molar-refractivity contribution in [3.05, 3.63) is 83.4 Å². The zero-order chi connectivity index (χ0) is 25.4. The smallest absolute Gasteiger partial charge is 0.264 e. The van der Waals surface area contributed by atoms with Crippen LogP contribution in [-0.4, -0.2) is 34.1 Å². The van der Waals surface area contributed by atoms with E-state index in [4.69, 9.17) is 9.47 Å². The van der Waals surface area contributed by atoms with Gasteiger partial charge in [0.2, 0.25) is 5.91 Å². The molecule has 3 rings (SSSR count). The number of hydrogen-bond donors (Lipinski definition) is 1. The fourth-order valence-electron chi connectivity index (χ4n) is 3.62. The molecule has 0 atom stereocenters. The molecule has 0 radical (unpaired) electrons. The zero-order valence-electron chi connectivity index (χ0n) is 20.6. The lowest BCUT2D eigenvalue weighted by atomic mass is 10.1. The van der Waals surface area contributed by atoms with E-state index in [-0.39, 0.29) is 18.0 Å². The van der Waals surface area contributed by atoms with Crippen molar-refractivity contribution in [2.45, 2.75) is 39.1 Å². The molecule has 0 saturated carbocycles. The molecule has 0 fully saturated rings. The number of sulfonamides is 1. The maximum absolute atomic E-state index is 13.5. The second-order valence-electron chi connectivity index (χ2n) is 7.97. The summed E-state index contributed by atoms with van der Waals surface area (Å²) in [6.45, 7) is 8.42. The van der Waals surface area contributed by atoms with Gasteiger partial charge in [0.15, 0.2) is 11.5 Å². The first-order chi connectivity index (χ1) is 16.8. The van der Waals surface area contributed by atoms with Gasteiger partial charge < -0.3 is 14.8 Å². The number of anilines is 1. The SMILES string of the molecule is CCOc1ccc(CNC(=O)CN(c2cccc(C)c2C)S(=O)(=O)c2ccccc2)cc1OCC. The van der Waals surface area contributed by atoms with Crippen molar-refractivity contribution in [2.24, 2.45) is 0 Å². The Morgan fingerprint density at radius 2 is 1.57 bits per heavy atom. The Morgan fingerprint density at radius 1 is 0.886 bits per heavy atom. The number of nitrogens with one attached hydrogen (secondary N) is 1. The molecule has 3 aromatic carbocycles. The van der Waals surface area contributed by atoms with E-state index in [1.165, 1.54) is 16.4 Å². The highest BCUT2D eigenvalue weighted by molar-refractivity contribution is 7.92. The van der Waals surface area contributed by atoms with Gasteiger partial charge in [-0.15, -0.1) is 0 Å². The van der Waals surface area contributed by atoms with E-state index in [1.54, 1.807) is 36.4 Å². The molecule has 0 bridgehead atoms. The topological polar surface area (TPSA) is 84.9 Å². The molecule has 1 N–H and O–H groups in total. The van der Waals surface area contributed by atoms with Crippen molar-refractivity contribution in [2.75, 3.05) is 24.1 Å². The normalized spacial score (nSPS) is 11.1. The van der Waals surface area contributed by atoms with Crippen molar-refractivity contribution in [1.29, 1.82) is 0 Å². The third kappa shape index (κ3) is 6.33. The number of carbonyl (C=O) groups excluding carboxylic acids is 1. The van der Waals surface area contributed by atoms with Gasteiger partial charge in [-0.05, 0) is 74.7 Å². The standard InChI is InChI=1S/C27H32N2O5S/c1-5-33-25-16-15-22(17-26(25)34-6-2)18-28-27(30)19-29(24-14-10-11-20(3)21(24)4)35(31,32)23-12-8-7-9-13-23/h7-17H,5-6,18-19H2,1-4H3,(H,28,30). The van der Waals surface area contributed by atoms with Gasteiger partial charge in [0.05, 0.1) is 23.8 Å². The van der Waals surface area contributed by atoms with Gasteiger partial charge in [-0.2, -0.15) is 0 Å². The highest BCUT2D eigenvalue weighted by Crippen LogP contribution is 2.30. The van der Waals surface area contributed by atoms with Gasteiger partial charge >= 0.3 is 0 Å². The highest BCUT2D eigenvalue weighted by atomic mass is 32.2. The van der Waals surface area contributed by atoms with Gasteiger partial charge in [0.1, 0.15) is 6.54 Å². The van der Waals surface area contributed by atoms with Crippen LogP contribution in [0.3, 0.4) is 0 Å². The number of rotatable bonds is 11. The average molecular weight is 497 g/mol. The minimum absolute atomic E-state index is 0.126. The molecular weight excluding hydrogens is 464 g/mol. The monoisotopic (exact) mass is 496 g/mol. The Bertz CT molecular complexity index is 1260. The number of benzene rings is 3. The number of hydrogen-bond acceptors (Lipinski definition) is 5. The summed E-state index contributed by atoms with van der Waals surface area (Å²) >= 11 is 0. The molecule has 35 heavy (non-hydrogen) atoms. The predicted molar refractivity (Wildman–Crippen MR) is 138 cm³/mol. The summed E-state index contributed by atoms with van der Waals surface area (Å²) in [6.07, 6.45) is 0. The molecule has 0 aliphatic carbocycles. The quantitative estimate of drug-likeness (QED) is 0.419. The van der Waals surface area contributed by atoms with Crippen molar-refractivity contribution < 1.29 is 22.7 Å². The summed E-state index contributed by atoms with van der Waals surface area (Å²) in [5.74, 6) is 0.821. The number of aryl methyl sites for hydroxylation is 1. The Kier molecular flexibility index (Phi) is 8.76. The molecule has 8 heteroatoms. The van der Waals surface area contributed by atoms with Crippen molar-refractivity contribution >= 4 is 21.6 Å². The van der Waals surface area contributed by atoms with Crippen LogP contribution >= 0.6 is 0 Å². The molecule has 0 aromatic heterocycles. The number of carbonyl (C=O) groups is 1. The van der Waals surface area contributed by atoms with E-state index in [1.807, 2.05) is 45.9 Å². The lowest BCUT2D eigenvalue weighted by Gasteiger charge is -2.26. The van der Waals surface area contributed by atoms with Gasteiger partial charge in [-0.25, -0.2) is 8.42 Å². The average Bonchev–Trinajstić information content (AvgIpc) is 2.85. The molecule has 0 aliphatic rings. The van der Waals surface area contributed by atoms with Crippen LogP contribution in [0.2, 0.25) is 0 Å². The zero-order valence-corrected chi connectivity index (χ0v) is 21.4. The van der Waals surface area contributed by atoms with E-state index in [9.17, 15) is 13.2 Å². The van der Waals surface area contributed by atoms with E-state index < -0.39 is 15.9 Å². The van der Waals surface area contributed by atoms with Crippen LogP contribution in [0, 0.1) is 13.8 Å². The first-order valence-corrected chi connectivity index (χ1v) is 13.0. The fraction of sp³-hybridized carbons (Fsp3) is 0.296. The van der Waals surface area contributed by atoms with Crippen LogP contribution in [0.1, 0.15) is 30.5 Å². The third-order valence-electron chi connectivity index (χ3n) is 5.56. The largest absolute Gasteiger partial charge is 0.490 e. The summed E-state index contributed by atoms with van der Waals surface area (Å²) in [5.41, 5.74) is 3.03. The molecular formula is C27H32N2O5S. The van der Waals surface area contributed by atoms with Crippen molar-refractivity contribution in [1.82, 2.24) is 5.32 Å². The third-order valence-corrected chi connectivity index (χ3v) is 7.33. The molecule has 0 heterocycles. The lowest BCUT2D eigenvalue weighted by Crippen LogP contribution is -2.41. The molecule has 3 aromatic rings. The second kappa shape index (κ2) is 11.8. The Labute approximate surface area is 207 Å². The highest BCUT2D eigenvalue weighted by Gasteiger charge is 2.28. The van der Waals surface area contributed by atoms with E-state index in [0.717, 1.165) is 16.7 Å². The van der Waals surface area contributed by atoms with Crippen molar-refractivity contribution in [3.63, 3.8) is 0 Å². The van der Waals surface area contributed by atoms with Gasteiger partial charge in [0.25, 0.3) is 10.0 Å². The molecule has 7 nitrogen and oxygen atoms in total. The summed E-state index contributed by atoms with van der Waals surface area (Å²) in [7, 11) is -3.96. The number of nitrogens with zero attached hydrogens (tertiary/aromatic N) is 1. The van der Waals surface area contributed by atoms with Crippen LogP contribution in [0.4, 0.5) is 5.69 Å². The molecule has 0 aliphatic heterocycles. The Morgan fingerprint density at radius 3 is 2.26 bits per heavy atom. The minimum Gasteiger partial charge on any atom is -0.490 e. The Hall–Kier alpha value is -3.52. The fourth-order valence-corrected chi connectivity index (χ4v) is 5.12. The van der Waals surface area contributed by atoms with E-state index in [0.29, 0.717) is 30.4 Å². The van der Waals surface area contributed by atoms with Crippen LogP contribution < -0.4 is 19.1 Å². The molecule has 1 amide bonds. The van der Waals surface area contributed by atoms with Gasteiger partial charge in [-0.1, -0.05) is 36.4 Å².